The minimum atomic E-state index is -0.0404. The van der Waals surface area contributed by atoms with E-state index in [4.69, 9.17) is 11.6 Å². The second-order valence-corrected chi connectivity index (χ2v) is 5.23. The molecule has 0 spiro atoms. The molecule has 1 amide bonds. The number of rotatable bonds is 6. The lowest BCUT2D eigenvalue weighted by Gasteiger charge is -2.08. The molecule has 0 heterocycles. The topological polar surface area (TPSA) is 41.1 Å². The van der Waals surface area contributed by atoms with Crippen molar-refractivity contribution < 1.29 is 4.79 Å². The number of halogens is 1. The molecule has 2 N–H and O–H groups in total. The van der Waals surface area contributed by atoms with Crippen molar-refractivity contribution in [2.75, 3.05) is 13.1 Å². The molecule has 18 heavy (non-hydrogen) atoms. The molecule has 0 aliphatic heterocycles. The van der Waals surface area contributed by atoms with Crippen molar-refractivity contribution in [3.05, 3.63) is 34.3 Å². The number of hydrogen-bond donors (Lipinski definition) is 2. The van der Waals surface area contributed by atoms with E-state index in [1.165, 1.54) is 12.8 Å². The van der Waals surface area contributed by atoms with Crippen LogP contribution in [0, 0.1) is 6.92 Å². The summed E-state index contributed by atoms with van der Waals surface area (Å²) in [6.07, 6.45) is 3.56. The second kappa shape index (κ2) is 6.21. The standard InChI is InChI=1S/C14H19ClN2O/c1-10-3-4-11(15)9-13(10)14(18)17-8-2-7-16-12-5-6-12/h3-4,9,12,16H,2,5-8H2,1H3,(H,17,18). The SMILES string of the molecule is Cc1ccc(Cl)cc1C(=O)NCCCNC1CC1. The summed E-state index contributed by atoms with van der Waals surface area (Å²) < 4.78 is 0. The van der Waals surface area contributed by atoms with E-state index in [0.29, 0.717) is 17.1 Å². The molecule has 0 unspecified atom stereocenters. The summed E-state index contributed by atoms with van der Waals surface area (Å²) in [5.74, 6) is -0.0404. The van der Waals surface area contributed by atoms with Crippen molar-refractivity contribution in [1.29, 1.82) is 0 Å². The first-order valence-corrected chi connectivity index (χ1v) is 6.82. The van der Waals surface area contributed by atoms with Gasteiger partial charge in [0, 0.05) is 23.2 Å². The van der Waals surface area contributed by atoms with Gasteiger partial charge in [-0.3, -0.25) is 4.79 Å². The average molecular weight is 267 g/mol. The minimum Gasteiger partial charge on any atom is -0.352 e. The third-order valence-electron chi connectivity index (χ3n) is 3.09. The smallest absolute Gasteiger partial charge is 0.251 e. The fraction of sp³-hybridized carbons (Fsp3) is 0.500. The molecule has 4 heteroatoms. The van der Waals surface area contributed by atoms with Crippen LogP contribution in [0.3, 0.4) is 0 Å². The maximum Gasteiger partial charge on any atom is 0.251 e. The van der Waals surface area contributed by atoms with Crippen molar-refractivity contribution in [3.8, 4) is 0 Å². The first kappa shape index (κ1) is 13.4. The summed E-state index contributed by atoms with van der Waals surface area (Å²) in [5.41, 5.74) is 1.62. The van der Waals surface area contributed by atoms with Crippen LogP contribution in [0.1, 0.15) is 35.2 Å². The van der Waals surface area contributed by atoms with Crippen LogP contribution in [0.2, 0.25) is 5.02 Å². The Morgan fingerprint density at radius 3 is 2.89 bits per heavy atom. The molecule has 3 nitrogen and oxygen atoms in total. The van der Waals surface area contributed by atoms with Crippen LogP contribution in [0.5, 0.6) is 0 Å². The lowest BCUT2D eigenvalue weighted by molar-refractivity contribution is 0.0952. The zero-order valence-electron chi connectivity index (χ0n) is 10.6. The molecule has 1 saturated carbocycles. The van der Waals surface area contributed by atoms with Gasteiger partial charge >= 0.3 is 0 Å². The summed E-state index contributed by atoms with van der Waals surface area (Å²) >= 11 is 5.90. The van der Waals surface area contributed by atoms with Crippen molar-refractivity contribution in [3.63, 3.8) is 0 Å². The molecule has 0 radical (unpaired) electrons. The number of benzene rings is 1. The fourth-order valence-electron chi connectivity index (χ4n) is 1.82. The number of carbonyl (C=O) groups excluding carboxylic acids is 1. The predicted octanol–water partition coefficient (Wildman–Crippen LogP) is 2.52. The highest BCUT2D eigenvalue weighted by molar-refractivity contribution is 6.31. The summed E-state index contributed by atoms with van der Waals surface area (Å²) in [5, 5.41) is 6.94. The van der Waals surface area contributed by atoms with E-state index in [2.05, 4.69) is 10.6 Å². The van der Waals surface area contributed by atoms with Crippen LogP contribution >= 0.6 is 11.6 Å². The number of amides is 1. The largest absolute Gasteiger partial charge is 0.352 e. The van der Waals surface area contributed by atoms with Crippen molar-refractivity contribution in [2.24, 2.45) is 0 Å². The molecule has 2 rings (SSSR count). The molecule has 0 bridgehead atoms. The summed E-state index contributed by atoms with van der Waals surface area (Å²) in [6.45, 7) is 3.59. The molecule has 1 aliphatic carbocycles. The predicted molar refractivity (Wildman–Crippen MR) is 74.2 cm³/mol. The third-order valence-corrected chi connectivity index (χ3v) is 3.33. The van der Waals surface area contributed by atoms with Gasteiger partial charge in [-0.1, -0.05) is 17.7 Å². The maximum atomic E-state index is 11.9. The number of nitrogens with one attached hydrogen (secondary N) is 2. The Morgan fingerprint density at radius 1 is 1.39 bits per heavy atom. The third kappa shape index (κ3) is 4.00. The van der Waals surface area contributed by atoms with Gasteiger partial charge in [0.1, 0.15) is 0 Å². The Kier molecular flexibility index (Phi) is 4.61. The van der Waals surface area contributed by atoms with E-state index in [-0.39, 0.29) is 5.91 Å². The Labute approximate surface area is 113 Å². The van der Waals surface area contributed by atoms with Crippen molar-refractivity contribution in [2.45, 2.75) is 32.2 Å². The quantitative estimate of drug-likeness (QED) is 0.777. The Hall–Kier alpha value is -1.06. The summed E-state index contributed by atoms with van der Waals surface area (Å²) in [7, 11) is 0. The first-order chi connectivity index (χ1) is 8.66. The lowest BCUT2D eigenvalue weighted by Crippen LogP contribution is -2.28. The lowest BCUT2D eigenvalue weighted by atomic mass is 10.1. The van der Waals surface area contributed by atoms with Gasteiger partial charge in [-0.15, -0.1) is 0 Å². The summed E-state index contributed by atoms with van der Waals surface area (Å²) in [6, 6.07) is 6.12. The van der Waals surface area contributed by atoms with E-state index in [1.54, 1.807) is 12.1 Å². The van der Waals surface area contributed by atoms with Gasteiger partial charge in [0.15, 0.2) is 0 Å². The van der Waals surface area contributed by atoms with Crippen LogP contribution in [-0.2, 0) is 0 Å². The highest BCUT2D eigenvalue weighted by Gasteiger charge is 2.19. The molecule has 1 aliphatic rings. The molecule has 0 atom stereocenters. The number of carbonyl (C=O) groups is 1. The van der Waals surface area contributed by atoms with Gasteiger partial charge in [-0.2, -0.15) is 0 Å². The number of aryl methyl sites for hydroxylation is 1. The van der Waals surface area contributed by atoms with E-state index in [9.17, 15) is 4.79 Å². The van der Waals surface area contributed by atoms with E-state index >= 15 is 0 Å². The molecule has 1 aromatic rings. The van der Waals surface area contributed by atoms with Gasteiger partial charge in [0.25, 0.3) is 5.91 Å². The first-order valence-electron chi connectivity index (χ1n) is 6.44. The Bertz CT molecular complexity index is 430. The van der Waals surface area contributed by atoms with Gasteiger partial charge in [-0.25, -0.2) is 0 Å². The van der Waals surface area contributed by atoms with Crippen LogP contribution < -0.4 is 10.6 Å². The normalized spacial score (nSPS) is 14.6. The van der Waals surface area contributed by atoms with Crippen molar-refractivity contribution in [1.82, 2.24) is 10.6 Å². The fourth-order valence-corrected chi connectivity index (χ4v) is 1.99. The Balaban J connectivity index is 1.74. The van der Waals surface area contributed by atoms with Gasteiger partial charge < -0.3 is 10.6 Å². The van der Waals surface area contributed by atoms with Crippen LogP contribution in [0.4, 0.5) is 0 Å². The average Bonchev–Trinajstić information content (AvgIpc) is 3.15. The molecular formula is C14H19ClN2O. The molecule has 0 aromatic heterocycles. The van der Waals surface area contributed by atoms with Gasteiger partial charge in [0.2, 0.25) is 0 Å². The molecule has 1 aromatic carbocycles. The molecule has 0 saturated heterocycles. The van der Waals surface area contributed by atoms with E-state index in [0.717, 1.165) is 24.6 Å². The van der Waals surface area contributed by atoms with Crippen LogP contribution in [-0.4, -0.2) is 25.0 Å². The second-order valence-electron chi connectivity index (χ2n) is 4.80. The van der Waals surface area contributed by atoms with Crippen LogP contribution in [0.15, 0.2) is 18.2 Å². The van der Waals surface area contributed by atoms with Gasteiger partial charge in [-0.05, 0) is 50.4 Å². The molecule has 1 fully saturated rings. The van der Waals surface area contributed by atoms with E-state index in [1.807, 2.05) is 13.0 Å². The van der Waals surface area contributed by atoms with E-state index < -0.39 is 0 Å². The summed E-state index contributed by atoms with van der Waals surface area (Å²) in [4.78, 5) is 11.9. The monoisotopic (exact) mass is 266 g/mol. The highest BCUT2D eigenvalue weighted by atomic mass is 35.5. The molecular weight excluding hydrogens is 248 g/mol. The maximum absolute atomic E-state index is 11.9. The zero-order valence-corrected chi connectivity index (χ0v) is 11.4. The highest BCUT2D eigenvalue weighted by Crippen LogP contribution is 2.18. The Morgan fingerprint density at radius 2 is 2.17 bits per heavy atom. The van der Waals surface area contributed by atoms with Crippen LogP contribution in [0.25, 0.3) is 0 Å². The number of hydrogen-bond acceptors (Lipinski definition) is 2. The minimum absolute atomic E-state index is 0.0404. The zero-order chi connectivity index (χ0) is 13.0. The molecule has 98 valence electrons. The van der Waals surface area contributed by atoms with Gasteiger partial charge in [0.05, 0.1) is 0 Å². The van der Waals surface area contributed by atoms with Crippen molar-refractivity contribution >= 4 is 17.5 Å².